The molecule has 7 rings (SSSR count). The number of nitrogens with one attached hydrogen (secondary N) is 4. The van der Waals surface area contributed by atoms with Gasteiger partial charge in [0.25, 0.3) is 0 Å². The average Bonchev–Trinajstić information content (AvgIpc) is 3.49. The van der Waals surface area contributed by atoms with Gasteiger partial charge in [0.05, 0.1) is 42.8 Å². The Morgan fingerprint density at radius 2 is 1.89 bits per heavy atom. The number of pyridine rings is 1. The van der Waals surface area contributed by atoms with Gasteiger partial charge in [0.2, 0.25) is 21.8 Å². The Hall–Kier alpha value is -4.36. The van der Waals surface area contributed by atoms with E-state index >= 15 is 4.79 Å². The molecule has 0 radical (unpaired) electrons. The number of carbonyl (C=O) groups excluding carboxylic acids is 2. The van der Waals surface area contributed by atoms with Gasteiger partial charge in [-0.3, -0.25) is 20.2 Å². The number of amides is 2. The summed E-state index contributed by atoms with van der Waals surface area (Å²) < 4.78 is 39.6. The Bertz CT molecular complexity index is 2300. The van der Waals surface area contributed by atoms with Crippen LogP contribution in [0.3, 0.4) is 0 Å². The first kappa shape index (κ1) is 46.6. The second-order valence-electron chi connectivity index (χ2n) is 18.9. The van der Waals surface area contributed by atoms with Crippen molar-refractivity contribution in [1.82, 2.24) is 35.1 Å². The number of hydrogen-bond donors (Lipinski definition) is 5. The van der Waals surface area contributed by atoms with E-state index in [1.165, 1.54) is 11.3 Å². The number of sulfonamides is 1. The first-order valence-electron chi connectivity index (χ1n) is 22.3. The normalized spacial score (nSPS) is 27.1. The number of carboxylic acids is 1. The van der Waals surface area contributed by atoms with Crippen molar-refractivity contribution in [2.75, 3.05) is 37.8 Å². The third-order valence-electron chi connectivity index (χ3n) is 12.6. The minimum atomic E-state index is -3.33. The van der Waals surface area contributed by atoms with Crippen LogP contribution in [0.1, 0.15) is 92.9 Å². The first-order valence-corrected chi connectivity index (χ1v) is 24.8. The highest BCUT2D eigenvalue weighted by Crippen LogP contribution is 2.45. The summed E-state index contributed by atoms with van der Waals surface area (Å²) in [5, 5.41) is 27.2. The molecule has 16 nitrogen and oxygen atoms in total. The number of carbonyl (C=O) groups is 3. The summed E-state index contributed by atoms with van der Waals surface area (Å²) in [5.74, 6) is -1.02. The van der Waals surface area contributed by atoms with E-state index in [1.807, 2.05) is 62.6 Å². The van der Waals surface area contributed by atoms with Crippen molar-refractivity contribution in [2.45, 2.75) is 135 Å². The molecule has 0 spiro atoms. The van der Waals surface area contributed by atoms with Gasteiger partial charge in [-0.05, 0) is 70.4 Å². The highest BCUT2D eigenvalue weighted by Gasteiger charge is 2.61. The maximum Gasteiger partial charge on any atom is 0.330 e. The van der Waals surface area contributed by atoms with Crippen molar-refractivity contribution in [3.8, 4) is 22.9 Å². The maximum atomic E-state index is 15.0. The standard InChI is InChI=1S/C45H64N8O8S2/c1-27(2)46-43-50-36(26-62-43)35-22-38(32-17-16-30(60-7)20-34(32)49-35)61-31-21-37-40(54)51-45(42(56)57)23-29(45)14-11-9-8-10-12-15-33(41(55)53(37)24-31)47-28(3)48-39(44(4,5)6)25-52-18-13-19-63(52,58)59/h11,14,16-17,20,22,26-29,31,33,37,39,47-48H,8-10,12-13,15,18-19,21,23-25H2,1-7H3,(H,46,50)(H,51,54)(H,56,57)/b14-11-/t28?,29?,31-,33-,37+,39-,45-/m1/s1. The fourth-order valence-corrected chi connectivity index (χ4v) is 11.3. The number of allylic oxidation sites excluding steroid dienone is 1. The van der Waals surface area contributed by atoms with Crippen LogP contribution >= 0.6 is 11.3 Å². The molecule has 63 heavy (non-hydrogen) atoms. The molecule has 1 aliphatic carbocycles. The van der Waals surface area contributed by atoms with E-state index in [0.29, 0.717) is 59.7 Å². The SMILES string of the molecule is COc1ccc2c(O[C@@H]3C[C@H]4C(=O)N[C@]5(C(=O)O)CC5/C=C\CCCCC[C@@H](NC(C)N[C@H](CN5CCCS5(=O)=O)C(C)(C)C)C(=O)N4C3)cc(-c3csc(NC(C)C)n3)nc2c1. The molecule has 3 aromatic rings. The molecular weight excluding hydrogens is 845 g/mol. The van der Waals surface area contributed by atoms with Gasteiger partial charge in [-0.2, -0.15) is 0 Å². The fraction of sp³-hybridized carbons (Fsp3) is 0.622. The monoisotopic (exact) mass is 908 g/mol. The van der Waals surface area contributed by atoms with Crippen molar-refractivity contribution in [3.63, 3.8) is 0 Å². The van der Waals surface area contributed by atoms with Gasteiger partial charge < -0.3 is 30.1 Å². The van der Waals surface area contributed by atoms with E-state index in [9.17, 15) is 23.1 Å². The molecule has 2 saturated heterocycles. The van der Waals surface area contributed by atoms with Crippen molar-refractivity contribution < 1.29 is 37.4 Å². The number of anilines is 1. The number of methoxy groups -OCH3 is 1. The van der Waals surface area contributed by atoms with Crippen LogP contribution in [0.4, 0.5) is 5.13 Å². The second kappa shape index (κ2) is 19.0. The molecule has 344 valence electrons. The molecule has 7 atom stereocenters. The highest BCUT2D eigenvalue weighted by atomic mass is 32.2. The van der Waals surface area contributed by atoms with Crippen molar-refractivity contribution in [2.24, 2.45) is 11.3 Å². The predicted molar refractivity (Wildman–Crippen MR) is 244 cm³/mol. The second-order valence-corrected chi connectivity index (χ2v) is 21.9. The zero-order valence-electron chi connectivity index (χ0n) is 37.5. The number of hydrogen-bond acceptors (Lipinski definition) is 13. The lowest BCUT2D eigenvalue weighted by atomic mass is 9.86. The van der Waals surface area contributed by atoms with Gasteiger partial charge >= 0.3 is 5.97 Å². The van der Waals surface area contributed by atoms with Gasteiger partial charge in [0.15, 0.2) is 5.13 Å². The number of aromatic nitrogens is 2. The molecule has 1 aromatic carbocycles. The number of benzene rings is 1. The summed E-state index contributed by atoms with van der Waals surface area (Å²) in [6, 6.07) is 5.58. The van der Waals surface area contributed by atoms with Crippen LogP contribution in [0.15, 0.2) is 41.8 Å². The zero-order chi connectivity index (χ0) is 45.3. The summed E-state index contributed by atoms with van der Waals surface area (Å²) in [5.41, 5.74) is 0.0944. The maximum absolute atomic E-state index is 15.0. The molecule has 3 fully saturated rings. The van der Waals surface area contributed by atoms with Crippen LogP contribution in [-0.4, -0.2) is 125 Å². The van der Waals surface area contributed by atoms with Gasteiger partial charge in [-0.15, -0.1) is 11.3 Å². The molecule has 2 amide bonds. The van der Waals surface area contributed by atoms with Gasteiger partial charge in [0.1, 0.15) is 34.9 Å². The van der Waals surface area contributed by atoms with Crippen molar-refractivity contribution in [1.29, 1.82) is 0 Å². The number of carboxylic acid groups (broad SMARTS) is 1. The van der Waals surface area contributed by atoms with Gasteiger partial charge in [-0.1, -0.05) is 45.8 Å². The van der Waals surface area contributed by atoms with Crippen LogP contribution in [-0.2, 0) is 24.4 Å². The number of aliphatic carboxylic acids is 1. The minimum Gasteiger partial charge on any atom is -0.497 e. The summed E-state index contributed by atoms with van der Waals surface area (Å²) in [7, 11) is -1.74. The number of nitrogens with zero attached hydrogens (tertiary/aromatic N) is 4. The summed E-state index contributed by atoms with van der Waals surface area (Å²) in [6.45, 7) is 13.1. The lowest BCUT2D eigenvalue weighted by molar-refractivity contribution is -0.145. The Balaban J connectivity index is 1.19. The van der Waals surface area contributed by atoms with Crippen molar-refractivity contribution in [3.05, 3.63) is 41.8 Å². The quantitative estimate of drug-likeness (QED) is 0.108. The molecule has 18 heteroatoms. The molecule has 2 aromatic heterocycles. The number of rotatable bonds is 13. The largest absolute Gasteiger partial charge is 0.497 e. The van der Waals surface area contributed by atoms with E-state index in [4.69, 9.17) is 19.4 Å². The lowest BCUT2D eigenvalue weighted by Gasteiger charge is -2.38. The zero-order valence-corrected chi connectivity index (χ0v) is 39.1. The summed E-state index contributed by atoms with van der Waals surface area (Å²) >= 11 is 1.47. The first-order chi connectivity index (χ1) is 29.9. The molecule has 3 aliphatic heterocycles. The van der Waals surface area contributed by atoms with Crippen molar-refractivity contribution >= 4 is 55.2 Å². The number of thiazole rings is 1. The molecular formula is C45H64N8O8S2. The molecule has 0 bridgehead atoms. The predicted octanol–water partition coefficient (Wildman–Crippen LogP) is 5.36. The molecule has 4 aliphatic rings. The van der Waals surface area contributed by atoms with Gasteiger partial charge in [0, 0.05) is 60.4 Å². The van der Waals surface area contributed by atoms with Gasteiger partial charge in [-0.25, -0.2) is 27.5 Å². The highest BCUT2D eigenvalue weighted by molar-refractivity contribution is 7.89. The third kappa shape index (κ3) is 10.8. The van der Waals surface area contributed by atoms with Crippen LogP contribution in [0.25, 0.3) is 22.3 Å². The molecule has 1 saturated carbocycles. The van der Waals surface area contributed by atoms with E-state index in [2.05, 4.69) is 42.0 Å². The van der Waals surface area contributed by atoms with E-state index in [1.54, 1.807) is 16.3 Å². The van der Waals surface area contributed by atoms with E-state index in [-0.39, 0.29) is 54.5 Å². The van der Waals surface area contributed by atoms with Crippen LogP contribution in [0.5, 0.6) is 11.5 Å². The average molecular weight is 909 g/mol. The Labute approximate surface area is 375 Å². The third-order valence-corrected chi connectivity index (χ3v) is 15.3. The van der Waals surface area contributed by atoms with E-state index in [0.717, 1.165) is 30.8 Å². The Morgan fingerprint density at radius 3 is 2.59 bits per heavy atom. The van der Waals surface area contributed by atoms with Crippen LogP contribution in [0, 0.1) is 11.3 Å². The smallest absolute Gasteiger partial charge is 0.330 e. The summed E-state index contributed by atoms with van der Waals surface area (Å²) in [6.07, 6.45) is 7.57. The number of fused-ring (bicyclic) bond motifs is 3. The Kier molecular flexibility index (Phi) is 14.1. The topological polar surface area (TPSA) is 204 Å². The summed E-state index contributed by atoms with van der Waals surface area (Å²) in [4.78, 5) is 53.5. The molecule has 5 heterocycles. The fourth-order valence-electron chi connectivity index (χ4n) is 8.91. The van der Waals surface area contributed by atoms with Crippen LogP contribution in [0.2, 0.25) is 0 Å². The number of ether oxygens (including phenoxy) is 2. The molecule has 5 N–H and O–H groups in total. The Morgan fingerprint density at radius 1 is 1.10 bits per heavy atom. The van der Waals surface area contributed by atoms with E-state index < -0.39 is 51.8 Å². The van der Waals surface area contributed by atoms with Crippen LogP contribution < -0.4 is 30.7 Å². The lowest BCUT2D eigenvalue weighted by Crippen LogP contribution is -2.60. The molecule has 2 unspecified atom stereocenters. The minimum absolute atomic E-state index is 0.0756.